The lowest BCUT2D eigenvalue weighted by molar-refractivity contribution is 0.0794. The Bertz CT molecular complexity index is 955. The van der Waals surface area contributed by atoms with Crippen molar-refractivity contribution >= 4 is 44.8 Å². The monoisotopic (exact) mass is 412 g/mol. The van der Waals surface area contributed by atoms with E-state index in [0.717, 1.165) is 12.8 Å². The van der Waals surface area contributed by atoms with Crippen molar-refractivity contribution in [2.24, 2.45) is 0 Å². The molecule has 2 aromatic rings. The molecule has 0 bridgehead atoms. The molecule has 8 heteroatoms. The van der Waals surface area contributed by atoms with Gasteiger partial charge in [-0.3, -0.25) is 9.52 Å². The Morgan fingerprint density at radius 1 is 1.12 bits per heavy atom. The van der Waals surface area contributed by atoms with Crippen LogP contribution < -0.4 is 4.72 Å². The third-order valence-electron chi connectivity index (χ3n) is 4.32. The Hall–Kier alpha value is -1.76. The van der Waals surface area contributed by atoms with Crippen molar-refractivity contribution in [3.05, 3.63) is 57.6 Å². The minimum atomic E-state index is -4.01. The number of likely N-dealkylation sites (tertiary alicyclic amines) is 1. The number of sulfonamides is 1. The molecular formula is C18H18Cl2N2O3S. The highest BCUT2D eigenvalue weighted by atomic mass is 35.5. The van der Waals surface area contributed by atoms with Crippen LogP contribution in [0.5, 0.6) is 0 Å². The Kier molecular flexibility index (Phi) is 5.46. The number of amides is 1. The van der Waals surface area contributed by atoms with E-state index in [1.54, 1.807) is 30.0 Å². The lowest BCUT2D eigenvalue weighted by Gasteiger charge is -2.20. The molecule has 1 aliphatic heterocycles. The number of carbonyl (C=O) groups excluding carboxylic acids is 1. The summed E-state index contributed by atoms with van der Waals surface area (Å²) in [5, 5.41) is 0.316. The first-order valence-electron chi connectivity index (χ1n) is 8.16. The van der Waals surface area contributed by atoms with Crippen LogP contribution in [0.25, 0.3) is 0 Å². The second-order valence-corrected chi connectivity index (χ2v) is 8.67. The molecule has 0 radical (unpaired) electrons. The number of para-hydroxylation sites is 1. The second-order valence-electron chi connectivity index (χ2n) is 6.18. The highest BCUT2D eigenvalue weighted by Gasteiger charge is 2.26. The molecule has 0 spiro atoms. The van der Waals surface area contributed by atoms with Gasteiger partial charge in [-0.25, -0.2) is 8.42 Å². The van der Waals surface area contributed by atoms with Gasteiger partial charge in [-0.15, -0.1) is 0 Å². The molecule has 1 amide bonds. The Labute approximate surface area is 163 Å². The SMILES string of the molecule is Cc1cccc(C(=O)N2CCCC2)c1NS(=O)(=O)c1cc(Cl)ccc1Cl. The zero-order valence-corrected chi connectivity index (χ0v) is 16.5. The van der Waals surface area contributed by atoms with Crippen LogP contribution in [-0.2, 0) is 10.0 Å². The molecule has 0 atom stereocenters. The summed E-state index contributed by atoms with van der Waals surface area (Å²) in [7, 11) is -4.01. The van der Waals surface area contributed by atoms with Crippen molar-refractivity contribution in [1.82, 2.24) is 4.90 Å². The van der Waals surface area contributed by atoms with E-state index in [1.165, 1.54) is 18.2 Å². The number of nitrogens with one attached hydrogen (secondary N) is 1. The molecule has 5 nitrogen and oxygen atoms in total. The first kappa shape index (κ1) is 19.0. The summed E-state index contributed by atoms with van der Waals surface area (Å²) in [6.07, 6.45) is 1.91. The maximum atomic E-state index is 12.8. The minimum Gasteiger partial charge on any atom is -0.339 e. The molecule has 2 aromatic carbocycles. The summed E-state index contributed by atoms with van der Waals surface area (Å²) >= 11 is 12.0. The number of nitrogens with zero attached hydrogens (tertiary/aromatic N) is 1. The molecule has 0 unspecified atom stereocenters. The van der Waals surface area contributed by atoms with Crippen molar-refractivity contribution in [2.75, 3.05) is 17.8 Å². The van der Waals surface area contributed by atoms with E-state index in [0.29, 0.717) is 24.2 Å². The fourth-order valence-corrected chi connectivity index (χ4v) is 4.86. The van der Waals surface area contributed by atoms with Crippen LogP contribution in [0.2, 0.25) is 10.0 Å². The average molecular weight is 413 g/mol. The van der Waals surface area contributed by atoms with E-state index in [1.807, 2.05) is 0 Å². The van der Waals surface area contributed by atoms with Crippen LogP contribution in [0.4, 0.5) is 5.69 Å². The number of hydrogen-bond donors (Lipinski definition) is 1. The first-order valence-corrected chi connectivity index (χ1v) is 10.4. The van der Waals surface area contributed by atoms with Crippen LogP contribution in [0.3, 0.4) is 0 Å². The second kappa shape index (κ2) is 7.47. The van der Waals surface area contributed by atoms with Crippen LogP contribution in [-0.4, -0.2) is 32.3 Å². The molecule has 0 aliphatic carbocycles. The van der Waals surface area contributed by atoms with Crippen molar-refractivity contribution in [3.8, 4) is 0 Å². The van der Waals surface area contributed by atoms with Gasteiger partial charge < -0.3 is 4.90 Å². The van der Waals surface area contributed by atoms with Gasteiger partial charge in [-0.05, 0) is 49.6 Å². The van der Waals surface area contributed by atoms with Gasteiger partial charge in [0.1, 0.15) is 4.90 Å². The number of anilines is 1. The topological polar surface area (TPSA) is 66.5 Å². The molecular weight excluding hydrogens is 395 g/mol. The highest BCUT2D eigenvalue weighted by Crippen LogP contribution is 2.30. The molecule has 1 fully saturated rings. The third kappa shape index (κ3) is 3.82. The number of halogens is 2. The van der Waals surface area contributed by atoms with Gasteiger partial charge in [-0.2, -0.15) is 0 Å². The number of carbonyl (C=O) groups is 1. The Morgan fingerprint density at radius 2 is 1.81 bits per heavy atom. The van der Waals surface area contributed by atoms with Crippen LogP contribution in [0, 0.1) is 6.92 Å². The molecule has 1 saturated heterocycles. The molecule has 1 heterocycles. The third-order valence-corrected chi connectivity index (χ3v) is 6.38. The van der Waals surface area contributed by atoms with E-state index in [-0.39, 0.29) is 26.5 Å². The Balaban J connectivity index is 2.01. The molecule has 1 N–H and O–H groups in total. The molecule has 0 aromatic heterocycles. The fourth-order valence-electron chi connectivity index (χ4n) is 2.94. The summed E-state index contributed by atoms with van der Waals surface area (Å²) in [5.41, 5.74) is 1.24. The van der Waals surface area contributed by atoms with Crippen molar-refractivity contribution in [1.29, 1.82) is 0 Å². The van der Waals surface area contributed by atoms with Crippen molar-refractivity contribution < 1.29 is 13.2 Å². The van der Waals surface area contributed by atoms with Crippen LogP contribution >= 0.6 is 23.2 Å². The fraction of sp³-hybridized carbons (Fsp3) is 0.278. The van der Waals surface area contributed by atoms with Crippen LogP contribution in [0.15, 0.2) is 41.3 Å². The van der Waals surface area contributed by atoms with E-state index >= 15 is 0 Å². The van der Waals surface area contributed by atoms with Gasteiger partial charge in [0.15, 0.2) is 0 Å². The first-order chi connectivity index (χ1) is 12.3. The van der Waals surface area contributed by atoms with Crippen molar-refractivity contribution in [2.45, 2.75) is 24.7 Å². The van der Waals surface area contributed by atoms with Crippen molar-refractivity contribution in [3.63, 3.8) is 0 Å². The molecule has 138 valence electrons. The van der Waals surface area contributed by atoms with Gasteiger partial charge >= 0.3 is 0 Å². The maximum absolute atomic E-state index is 12.8. The zero-order chi connectivity index (χ0) is 18.9. The maximum Gasteiger partial charge on any atom is 0.263 e. The number of rotatable bonds is 4. The van der Waals surface area contributed by atoms with Crippen LogP contribution in [0.1, 0.15) is 28.8 Å². The van der Waals surface area contributed by atoms with E-state index in [2.05, 4.69) is 4.72 Å². The molecule has 0 saturated carbocycles. The number of benzene rings is 2. The highest BCUT2D eigenvalue weighted by molar-refractivity contribution is 7.92. The smallest absolute Gasteiger partial charge is 0.263 e. The summed E-state index contributed by atoms with van der Waals surface area (Å²) in [5.74, 6) is -0.180. The minimum absolute atomic E-state index is 0.0582. The summed E-state index contributed by atoms with van der Waals surface area (Å²) in [6.45, 7) is 3.11. The van der Waals surface area contributed by atoms with E-state index in [9.17, 15) is 13.2 Å². The lowest BCUT2D eigenvalue weighted by Crippen LogP contribution is -2.29. The molecule has 3 rings (SSSR count). The standard InChI is InChI=1S/C18H18Cl2N2O3S/c1-12-5-4-6-14(18(23)22-9-2-3-10-22)17(12)21-26(24,25)16-11-13(19)7-8-15(16)20/h4-8,11,21H,2-3,9-10H2,1H3. The Morgan fingerprint density at radius 3 is 2.50 bits per heavy atom. The predicted molar refractivity (Wildman–Crippen MR) is 104 cm³/mol. The number of aryl methyl sites for hydroxylation is 1. The summed E-state index contributed by atoms with van der Waals surface area (Å²) in [6, 6.07) is 9.34. The zero-order valence-electron chi connectivity index (χ0n) is 14.1. The van der Waals surface area contributed by atoms with Gasteiger partial charge in [0.25, 0.3) is 15.9 Å². The van der Waals surface area contributed by atoms with Gasteiger partial charge in [0.2, 0.25) is 0 Å². The number of hydrogen-bond acceptors (Lipinski definition) is 3. The van der Waals surface area contributed by atoms with E-state index in [4.69, 9.17) is 23.2 Å². The lowest BCUT2D eigenvalue weighted by atomic mass is 10.1. The summed E-state index contributed by atoms with van der Waals surface area (Å²) in [4.78, 5) is 14.4. The van der Waals surface area contributed by atoms with Gasteiger partial charge in [0.05, 0.1) is 16.3 Å². The summed E-state index contributed by atoms with van der Waals surface area (Å²) < 4.78 is 28.2. The van der Waals surface area contributed by atoms with E-state index < -0.39 is 10.0 Å². The van der Waals surface area contributed by atoms with Gasteiger partial charge in [-0.1, -0.05) is 35.3 Å². The average Bonchev–Trinajstić information content (AvgIpc) is 3.12. The normalized spacial score (nSPS) is 14.5. The predicted octanol–water partition coefficient (Wildman–Crippen LogP) is 4.34. The quantitative estimate of drug-likeness (QED) is 0.811. The molecule has 1 aliphatic rings. The largest absolute Gasteiger partial charge is 0.339 e. The van der Waals surface area contributed by atoms with Gasteiger partial charge in [0, 0.05) is 18.1 Å². The molecule has 26 heavy (non-hydrogen) atoms.